The van der Waals surface area contributed by atoms with E-state index in [9.17, 15) is 4.79 Å². The van der Waals surface area contributed by atoms with Gasteiger partial charge in [-0.3, -0.25) is 5.32 Å². The first-order valence-electron chi connectivity index (χ1n) is 6.91. The zero-order valence-corrected chi connectivity index (χ0v) is 13.6. The molecule has 0 fully saturated rings. The van der Waals surface area contributed by atoms with Crippen LogP contribution in [0.1, 0.15) is 20.8 Å². The summed E-state index contributed by atoms with van der Waals surface area (Å²) in [5, 5.41) is 3.30. The number of hydrogen-bond donors (Lipinski definition) is 2. The van der Waals surface area contributed by atoms with Crippen LogP contribution in [0.5, 0.6) is 0 Å². The summed E-state index contributed by atoms with van der Waals surface area (Å²) in [6.45, 7) is 5.41. The van der Waals surface area contributed by atoms with Gasteiger partial charge in [0, 0.05) is 10.6 Å². The molecule has 1 amide bonds. The molecule has 3 N–H and O–H groups in total. The van der Waals surface area contributed by atoms with Crippen molar-refractivity contribution in [3.8, 4) is 11.1 Å². The van der Waals surface area contributed by atoms with Gasteiger partial charge in [0.05, 0.1) is 11.4 Å². The second kappa shape index (κ2) is 6.28. The van der Waals surface area contributed by atoms with Crippen molar-refractivity contribution in [2.24, 2.45) is 0 Å². The predicted molar refractivity (Wildman–Crippen MR) is 91.2 cm³/mol. The van der Waals surface area contributed by atoms with Crippen molar-refractivity contribution in [2.45, 2.75) is 26.4 Å². The highest BCUT2D eigenvalue weighted by Crippen LogP contribution is 2.31. The summed E-state index contributed by atoms with van der Waals surface area (Å²) in [4.78, 5) is 11.9. The molecule has 5 heteroatoms. The lowest BCUT2D eigenvalue weighted by Gasteiger charge is -2.20. The van der Waals surface area contributed by atoms with Gasteiger partial charge in [-0.1, -0.05) is 35.9 Å². The molecule has 0 saturated carbocycles. The van der Waals surface area contributed by atoms with E-state index in [4.69, 9.17) is 22.1 Å². The molecule has 0 aliphatic heterocycles. The summed E-state index contributed by atoms with van der Waals surface area (Å²) in [5.41, 5.74) is 8.03. The first-order valence-corrected chi connectivity index (χ1v) is 7.28. The maximum atomic E-state index is 11.9. The monoisotopic (exact) mass is 318 g/mol. The Morgan fingerprint density at radius 1 is 1.18 bits per heavy atom. The Bertz CT molecular complexity index is 693. The SMILES string of the molecule is CC(C)(C)OC(=O)Nc1cc(-c2ccccc2Cl)ccc1N. The van der Waals surface area contributed by atoms with Crippen LogP contribution in [0.2, 0.25) is 5.02 Å². The Morgan fingerprint density at radius 2 is 1.86 bits per heavy atom. The Morgan fingerprint density at radius 3 is 2.50 bits per heavy atom. The van der Waals surface area contributed by atoms with Gasteiger partial charge in [-0.2, -0.15) is 0 Å². The molecule has 0 spiro atoms. The molecule has 0 aliphatic carbocycles. The fourth-order valence-electron chi connectivity index (χ4n) is 1.94. The smallest absolute Gasteiger partial charge is 0.412 e. The Hall–Kier alpha value is -2.20. The first kappa shape index (κ1) is 16.2. The molecule has 0 saturated heterocycles. The fourth-order valence-corrected chi connectivity index (χ4v) is 2.19. The maximum Gasteiger partial charge on any atom is 0.412 e. The maximum absolute atomic E-state index is 11.9. The van der Waals surface area contributed by atoms with Crippen molar-refractivity contribution in [2.75, 3.05) is 11.1 Å². The van der Waals surface area contributed by atoms with Crippen LogP contribution >= 0.6 is 11.6 Å². The van der Waals surface area contributed by atoms with Crippen LogP contribution in [0, 0.1) is 0 Å². The Labute approximate surface area is 135 Å². The molecule has 22 heavy (non-hydrogen) atoms. The van der Waals surface area contributed by atoms with Crippen molar-refractivity contribution < 1.29 is 9.53 Å². The molecule has 0 unspecified atom stereocenters. The molecular formula is C17H19ClN2O2. The zero-order chi connectivity index (χ0) is 16.3. The number of ether oxygens (including phenoxy) is 1. The van der Waals surface area contributed by atoms with Gasteiger partial charge in [0.25, 0.3) is 0 Å². The van der Waals surface area contributed by atoms with E-state index in [-0.39, 0.29) is 0 Å². The average molecular weight is 319 g/mol. The summed E-state index contributed by atoms with van der Waals surface area (Å²) in [7, 11) is 0. The third kappa shape index (κ3) is 4.15. The number of hydrogen-bond acceptors (Lipinski definition) is 3. The van der Waals surface area contributed by atoms with Crippen LogP contribution < -0.4 is 11.1 Å². The summed E-state index contributed by atoms with van der Waals surface area (Å²) in [6, 6.07) is 12.9. The Kier molecular flexibility index (Phi) is 4.62. The molecule has 2 aromatic carbocycles. The molecular weight excluding hydrogens is 300 g/mol. The number of nitrogen functional groups attached to an aromatic ring is 1. The van der Waals surface area contributed by atoms with Gasteiger partial charge in [-0.25, -0.2) is 4.79 Å². The quantitative estimate of drug-likeness (QED) is 0.771. The summed E-state index contributed by atoms with van der Waals surface area (Å²) >= 11 is 6.20. The number of rotatable bonds is 2. The van der Waals surface area contributed by atoms with Gasteiger partial charge >= 0.3 is 6.09 Å². The van der Waals surface area contributed by atoms with Crippen molar-refractivity contribution >= 4 is 29.1 Å². The third-order valence-corrected chi connectivity index (χ3v) is 3.20. The lowest BCUT2D eigenvalue weighted by Crippen LogP contribution is -2.27. The minimum atomic E-state index is -0.570. The summed E-state index contributed by atoms with van der Waals surface area (Å²) < 4.78 is 5.23. The molecule has 116 valence electrons. The number of amides is 1. The zero-order valence-electron chi connectivity index (χ0n) is 12.8. The molecule has 0 aromatic heterocycles. The number of nitrogens with two attached hydrogens (primary N) is 1. The number of benzene rings is 2. The molecule has 0 atom stereocenters. The second-order valence-corrected chi connectivity index (χ2v) is 6.32. The molecule has 2 rings (SSSR count). The van der Waals surface area contributed by atoms with Crippen LogP contribution in [0.3, 0.4) is 0 Å². The highest BCUT2D eigenvalue weighted by molar-refractivity contribution is 6.33. The number of carbonyl (C=O) groups excluding carboxylic acids is 1. The van der Waals surface area contributed by atoms with E-state index in [0.717, 1.165) is 11.1 Å². The number of carbonyl (C=O) groups is 1. The standard InChI is InChI=1S/C17H19ClN2O2/c1-17(2,3)22-16(21)20-15-10-11(8-9-14(15)19)12-6-4-5-7-13(12)18/h4-10H,19H2,1-3H3,(H,20,21). The summed E-state index contributed by atoms with van der Waals surface area (Å²) in [6.07, 6.45) is -0.546. The van der Waals surface area contributed by atoms with Crippen molar-refractivity contribution in [3.05, 3.63) is 47.5 Å². The molecule has 0 radical (unpaired) electrons. The highest BCUT2D eigenvalue weighted by atomic mass is 35.5. The lowest BCUT2D eigenvalue weighted by atomic mass is 10.0. The van der Waals surface area contributed by atoms with E-state index in [0.29, 0.717) is 16.4 Å². The average Bonchev–Trinajstić information content (AvgIpc) is 2.40. The topological polar surface area (TPSA) is 64.3 Å². The van der Waals surface area contributed by atoms with E-state index in [1.165, 1.54) is 0 Å². The van der Waals surface area contributed by atoms with Gasteiger partial charge in [0.15, 0.2) is 0 Å². The number of nitrogens with one attached hydrogen (secondary N) is 1. The fraction of sp³-hybridized carbons (Fsp3) is 0.235. The van der Waals surface area contributed by atoms with Gasteiger partial charge < -0.3 is 10.5 Å². The van der Waals surface area contributed by atoms with Gasteiger partial charge in [0.2, 0.25) is 0 Å². The van der Waals surface area contributed by atoms with Crippen LogP contribution in [0.4, 0.5) is 16.2 Å². The Balaban J connectivity index is 2.28. The normalized spacial score (nSPS) is 11.1. The van der Waals surface area contributed by atoms with Crippen LogP contribution in [-0.2, 0) is 4.74 Å². The minimum Gasteiger partial charge on any atom is -0.444 e. The predicted octanol–water partition coefficient (Wildman–Crippen LogP) is 4.94. The molecule has 2 aromatic rings. The first-order chi connectivity index (χ1) is 10.3. The summed E-state index contributed by atoms with van der Waals surface area (Å²) in [5.74, 6) is 0. The third-order valence-electron chi connectivity index (χ3n) is 2.87. The minimum absolute atomic E-state index is 0.460. The molecule has 0 aliphatic rings. The van der Waals surface area contributed by atoms with Gasteiger partial charge in [0.1, 0.15) is 5.60 Å². The van der Waals surface area contributed by atoms with E-state index in [1.807, 2.05) is 30.3 Å². The van der Waals surface area contributed by atoms with E-state index in [2.05, 4.69) is 5.32 Å². The van der Waals surface area contributed by atoms with E-state index in [1.54, 1.807) is 32.9 Å². The lowest BCUT2D eigenvalue weighted by molar-refractivity contribution is 0.0636. The van der Waals surface area contributed by atoms with E-state index >= 15 is 0 Å². The van der Waals surface area contributed by atoms with Crippen molar-refractivity contribution in [3.63, 3.8) is 0 Å². The van der Waals surface area contributed by atoms with Gasteiger partial charge in [-0.05, 0) is 44.5 Å². The van der Waals surface area contributed by atoms with Crippen LogP contribution in [-0.4, -0.2) is 11.7 Å². The molecule has 0 bridgehead atoms. The molecule has 4 nitrogen and oxygen atoms in total. The van der Waals surface area contributed by atoms with Gasteiger partial charge in [-0.15, -0.1) is 0 Å². The van der Waals surface area contributed by atoms with Crippen molar-refractivity contribution in [1.29, 1.82) is 0 Å². The largest absolute Gasteiger partial charge is 0.444 e. The number of halogens is 1. The van der Waals surface area contributed by atoms with E-state index < -0.39 is 11.7 Å². The van der Waals surface area contributed by atoms with Crippen LogP contribution in [0.25, 0.3) is 11.1 Å². The highest BCUT2D eigenvalue weighted by Gasteiger charge is 2.17. The number of anilines is 2. The van der Waals surface area contributed by atoms with Crippen molar-refractivity contribution in [1.82, 2.24) is 0 Å². The molecule has 0 heterocycles. The second-order valence-electron chi connectivity index (χ2n) is 5.91. The van der Waals surface area contributed by atoms with Crippen LogP contribution in [0.15, 0.2) is 42.5 Å².